The first-order chi connectivity index (χ1) is 11.9. The average Bonchev–Trinajstić information content (AvgIpc) is 2.56. The van der Waals surface area contributed by atoms with Crippen molar-refractivity contribution in [3.05, 3.63) is 39.3 Å². The number of hydrogen-bond donors (Lipinski definition) is 1. The third-order valence-electron chi connectivity index (χ3n) is 5.36. The van der Waals surface area contributed by atoms with Crippen LogP contribution in [0.4, 0.5) is 5.69 Å². The monoisotopic (exact) mass is 339 g/mol. The highest BCUT2D eigenvalue weighted by atomic mass is 14.9. The van der Waals surface area contributed by atoms with Gasteiger partial charge in [-0.1, -0.05) is 64.5 Å². The number of benzene rings is 1. The predicted octanol–water partition coefficient (Wildman–Crippen LogP) is 5.52. The number of anilines is 1. The fourth-order valence-corrected chi connectivity index (χ4v) is 3.89. The molecule has 1 atom stereocenters. The van der Waals surface area contributed by atoms with Crippen LogP contribution in [-0.4, -0.2) is 6.54 Å². The summed E-state index contributed by atoms with van der Waals surface area (Å²) in [5.41, 5.74) is 5.56. The third kappa shape index (κ3) is 5.23. The lowest BCUT2D eigenvalue weighted by Gasteiger charge is -2.24. The maximum absolute atomic E-state index is 4.51. The molecule has 138 valence electrons. The summed E-state index contributed by atoms with van der Waals surface area (Å²) >= 11 is 0. The van der Waals surface area contributed by atoms with E-state index in [1.165, 1.54) is 71.3 Å². The molecule has 25 heavy (non-hydrogen) atoms. The van der Waals surface area contributed by atoms with E-state index in [0.29, 0.717) is 11.8 Å². The minimum atomic E-state index is 0.506. The Morgan fingerprint density at radius 2 is 2.00 bits per heavy atom. The number of rotatable bonds is 8. The smallest absolute Gasteiger partial charge is 0.0449 e. The molecule has 0 saturated heterocycles. The van der Waals surface area contributed by atoms with Gasteiger partial charge in [0.25, 0.3) is 0 Å². The zero-order valence-electron chi connectivity index (χ0n) is 16.9. The molecule has 1 nitrogen and oxygen atoms in total. The molecular formula is C24H37N. The number of nitrogens with one attached hydrogen (secondary N) is 1. The first-order valence-electron chi connectivity index (χ1n) is 10.2. The Labute approximate surface area is 154 Å². The summed E-state index contributed by atoms with van der Waals surface area (Å²) in [6.45, 7) is 19.0. The summed E-state index contributed by atoms with van der Waals surface area (Å²) < 4.78 is 0. The molecule has 2 rings (SSSR count). The topological polar surface area (TPSA) is 12.0 Å². The SMILES string of the molecule is C=c1cc(C2C=C(C)CCC2)c(=C)c(NCC(C)C)c1CCCCC. The lowest BCUT2D eigenvalue weighted by atomic mass is 9.84. The molecule has 0 amide bonds. The lowest BCUT2D eigenvalue weighted by Crippen LogP contribution is -2.27. The molecule has 0 bridgehead atoms. The van der Waals surface area contributed by atoms with E-state index in [0.717, 1.165) is 13.0 Å². The molecule has 1 N–H and O–H groups in total. The summed E-state index contributed by atoms with van der Waals surface area (Å²) in [4.78, 5) is 0. The van der Waals surface area contributed by atoms with E-state index >= 15 is 0 Å². The normalized spacial score (nSPS) is 17.6. The largest absolute Gasteiger partial charge is 0.384 e. The van der Waals surface area contributed by atoms with Crippen LogP contribution in [0.5, 0.6) is 0 Å². The molecule has 1 aromatic rings. The molecule has 1 aliphatic carbocycles. The second kappa shape index (κ2) is 9.27. The van der Waals surface area contributed by atoms with E-state index in [-0.39, 0.29) is 0 Å². The van der Waals surface area contributed by atoms with Crippen molar-refractivity contribution in [2.45, 2.75) is 78.6 Å². The zero-order valence-corrected chi connectivity index (χ0v) is 16.9. The van der Waals surface area contributed by atoms with Crippen LogP contribution in [0.15, 0.2) is 17.7 Å². The van der Waals surface area contributed by atoms with Crippen molar-refractivity contribution in [2.24, 2.45) is 5.92 Å². The minimum absolute atomic E-state index is 0.506. The second-order valence-electron chi connectivity index (χ2n) is 8.20. The Morgan fingerprint density at radius 1 is 1.24 bits per heavy atom. The molecule has 0 aliphatic heterocycles. The number of hydrogen-bond acceptors (Lipinski definition) is 1. The van der Waals surface area contributed by atoms with Gasteiger partial charge in [0, 0.05) is 18.2 Å². The number of unbranched alkanes of at least 4 members (excludes halogenated alkanes) is 2. The highest BCUT2D eigenvalue weighted by Gasteiger charge is 2.18. The highest BCUT2D eigenvalue weighted by Crippen LogP contribution is 2.29. The first kappa shape index (κ1) is 19.8. The van der Waals surface area contributed by atoms with Crippen molar-refractivity contribution in [1.29, 1.82) is 0 Å². The van der Waals surface area contributed by atoms with E-state index in [1.54, 1.807) is 0 Å². The summed E-state index contributed by atoms with van der Waals surface area (Å²) in [6, 6.07) is 2.32. The maximum Gasteiger partial charge on any atom is 0.0449 e. The van der Waals surface area contributed by atoms with Gasteiger partial charge >= 0.3 is 0 Å². The van der Waals surface area contributed by atoms with Gasteiger partial charge in [-0.05, 0) is 66.5 Å². The van der Waals surface area contributed by atoms with Gasteiger partial charge < -0.3 is 5.32 Å². The van der Waals surface area contributed by atoms with E-state index in [4.69, 9.17) is 0 Å². The molecule has 0 saturated carbocycles. The Bertz CT molecular complexity index is 696. The molecule has 1 heteroatoms. The Kier molecular flexibility index (Phi) is 7.35. The average molecular weight is 340 g/mol. The quantitative estimate of drug-likeness (QED) is 0.485. The van der Waals surface area contributed by atoms with Crippen LogP contribution in [0.25, 0.3) is 13.2 Å². The Morgan fingerprint density at radius 3 is 2.64 bits per heavy atom. The highest BCUT2D eigenvalue weighted by molar-refractivity contribution is 5.58. The van der Waals surface area contributed by atoms with E-state index < -0.39 is 0 Å². The van der Waals surface area contributed by atoms with Crippen LogP contribution in [0.1, 0.15) is 83.3 Å². The third-order valence-corrected chi connectivity index (χ3v) is 5.36. The van der Waals surface area contributed by atoms with Crippen LogP contribution in [-0.2, 0) is 6.42 Å². The fraction of sp³-hybridized carbons (Fsp3) is 0.583. The van der Waals surface area contributed by atoms with Crippen molar-refractivity contribution < 1.29 is 0 Å². The molecule has 1 aliphatic rings. The Balaban J connectivity index is 2.44. The van der Waals surface area contributed by atoms with Crippen molar-refractivity contribution >= 4 is 18.8 Å². The molecule has 0 aromatic heterocycles. The summed E-state index contributed by atoms with van der Waals surface area (Å²) in [5, 5.41) is 6.12. The van der Waals surface area contributed by atoms with Gasteiger partial charge in [0.15, 0.2) is 0 Å². The summed E-state index contributed by atoms with van der Waals surface area (Å²) in [5.74, 6) is 1.13. The molecule has 1 unspecified atom stereocenters. The second-order valence-corrected chi connectivity index (χ2v) is 8.20. The molecular weight excluding hydrogens is 302 g/mol. The van der Waals surface area contributed by atoms with Crippen molar-refractivity contribution in [3.8, 4) is 0 Å². The zero-order chi connectivity index (χ0) is 18.4. The standard InChI is InChI=1S/C24H37N/c1-7-8-9-13-22-19(5)15-23(21-12-10-11-18(4)14-21)20(6)24(22)25-16-17(2)3/h14-15,17,21,25H,5-13,16H2,1-4H3. The van der Waals surface area contributed by atoms with Gasteiger partial charge in [-0.25, -0.2) is 0 Å². The van der Waals surface area contributed by atoms with Gasteiger partial charge in [0.2, 0.25) is 0 Å². The lowest BCUT2D eigenvalue weighted by molar-refractivity contribution is 0.630. The van der Waals surface area contributed by atoms with Crippen LogP contribution in [0, 0.1) is 5.92 Å². The summed E-state index contributed by atoms with van der Waals surface area (Å²) in [6.07, 6.45) is 11.1. The Hall–Kier alpha value is -1.50. The summed E-state index contributed by atoms with van der Waals surface area (Å²) in [7, 11) is 0. The van der Waals surface area contributed by atoms with Gasteiger partial charge in [0.05, 0.1) is 0 Å². The van der Waals surface area contributed by atoms with Crippen LogP contribution in [0.3, 0.4) is 0 Å². The minimum Gasteiger partial charge on any atom is -0.384 e. The van der Waals surface area contributed by atoms with Gasteiger partial charge in [-0.2, -0.15) is 0 Å². The van der Waals surface area contributed by atoms with E-state index in [1.807, 2.05) is 0 Å². The van der Waals surface area contributed by atoms with Gasteiger partial charge in [-0.3, -0.25) is 0 Å². The van der Waals surface area contributed by atoms with Crippen molar-refractivity contribution in [1.82, 2.24) is 0 Å². The predicted molar refractivity (Wildman–Crippen MR) is 114 cm³/mol. The first-order valence-corrected chi connectivity index (χ1v) is 10.2. The number of allylic oxidation sites excluding steroid dienone is 2. The maximum atomic E-state index is 4.51. The molecule has 1 aromatic carbocycles. The van der Waals surface area contributed by atoms with Crippen molar-refractivity contribution in [2.75, 3.05) is 11.9 Å². The van der Waals surface area contributed by atoms with E-state index in [2.05, 4.69) is 58.3 Å². The molecule has 0 spiro atoms. The van der Waals surface area contributed by atoms with E-state index in [9.17, 15) is 0 Å². The van der Waals surface area contributed by atoms with Gasteiger partial charge in [0.1, 0.15) is 0 Å². The fourth-order valence-electron chi connectivity index (χ4n) is 3.89. The van der Waals surface area contributed by atoms with Crippen LogP contribution >= 0.6 is 0 Å². The molecule has 0 radical (unpaired) electrons. The van der Waals surface area contributed by atoms with Crippen molar-refractivity contribution in [3.63, 3.8) is 0 Å². The molecule has 0 fully saturated rings. The molecule has 0 heterocycles. The van der Waals surface area contributed by atoms with Crippen LogP contribution < -0.4 is 15.8 Å². The van der Waals surface area contributed by atoms with Crippen LogP contribution in [0.2, 0.25) is 0 Å². The van der Waals surface area contributed by atoms with Gasteiger partial charge in [-0.15, -0.1) is 0 Å².